The molecular formula is C14H8ClFN4O2. The Balaban J connectivity index is 2.24. The molecule has 0 atom stereocenters. The van der Waals surface area contributed by atoms with Gasteiger partial charge in [-0.05, 0) is 30.3 Å². The van der Waals surface area contributed by atoms with Gasteiger partial charge in [0.25, 0.3) is 0 Å². The van der Waals surface area contributed by atoms with Crippen LogP contribution >= 0.6 is 11.6 Å². The Morgan fingerprint density at radius 3 is 2.59 bits per heavy atom. The van der Waals surface area contributed by atoms with Crippen molar-refractivity contribution in [2.75, 3.05) is 0 Å². The molecule has 3 rings (SSSR count). The van der Waals surface area contributed by atoms with Crippen LogP contribution in [0.25, 0.3) is 16.9 Å². The molecule has 0 aliphatic rings. The van der Waals surface area contributed by atoms with Gasteiger partial charge in [0.15, 0.2) is 5.69 Å². The normalized spacial score (nSPS) is 10.6. The number of nitrogens with zero attached hydrogens (tertiary/aromatic N) is 4. The second kappa shape index (κ2) is 5.53. The van der Waals surface area contributed by atoms with E-state index >= 15 is 0 Å². The molecule has 1 N–H and O–H groups in total. The van der Waals surface area contributed by atoms with E-state index in [1.165, 1.54) is 35.3 Å². The van der Waals surface area contributed by atoms with Gasteiger partial charge < -0.3 is 5.11 Å². The van der Waals surface area contributed by atoms with Crippen molar-refractivity contribution in [3.05, 3.63) is 59.3 Å². The van der Waals surface area contributed by atoms with Crippen LogP contribution in [0.1, 0.15) is 10.5 Å². The molecule has 0 saturated heterocycles. The van der Waals surface area contributed by atoms with Crippen LogP contribution in [0.3, 0.4) is 0 Å². The molecule has 0 spiro atoms. The van der Waals surface area contributed by atoms with E-state index in [4.69, 9.17) is 11.6 Å². The summed E-state index contributed by atoms with van der Waals surface area (Å²) in [5.74, 6) is -1.79. The van der Waals surface area contributed by atoms with Crippen LogP contribution < -0.4 is 0 Å². The van der Waals surface area contributed by atoms with Crippen molar-refractivity contribution in [2.45, 2.75) is 0 Å². The van der Waals surface area contributed by atoms with Gasteiger partial charge in [0.1, 0.15) is 11.5 Å². The predicted octanol–water partition coefficient (Wildman–Crippen LogP) is 2.82. The lowest BCUT2D eigenvalue weighted by atomic mass is 10.1. The zero-order valence-corrected chi connectivity index (χ0v) is 11.7. The smallest absolute Gasteiger partial charge is 0.358 e. The van der Waals surface area contributed by atoms with Crippen LogP contribution in [0.15, 0.2) is 42.7 Å². The highest BCUT2D eigenvalue weighted by Gasteiger charge is 2.21. The summed E-state index contributed by atoms with van der Waals surface area (Å²) in [6.45, 7) is 0. The Hall–Kier alpha value is -2.80. The Labute approximate surface area is 128 Å². The number of benzene rings is 1. The molecule has 0 aliphatic heterocycles. The summed E-state index contributed by atoms with van der Waals surface area (Å²) in [5, 5.41) is 16.7. The van der Waals surface area contributed by atoms with Crippen molar-refractivity contribution in [3.8, 4) is 16.9 Å². The molecule has 0 unspecified atom stereocenters. The highest BCUT2D eigenvalue weighted by molar-refractivity contribution is 6.30. The summed E-state index contributed by atoms with van der Waals surface area (Å²) in [6.07, 6.45) is 3.05. The molecule has 0 aliphatic carbocycles. The second-order valence-electron chi connectivity index (χ2n) is 4.34. The van der Waals surface area contributed by atoms with Gasteiger partial charge in [0.05, 0.1) is 10.7 Å². The molecule has 2 aromatic heterocycles. The number of aromatic carboxylic acids is 1. The molecule has 0 bridgehead atoms. The molecule has 3 aromatic rings. The fraction of sp³-hybridized carbons (Fsp3) is 0. The van der Waals surface area contributed by atoms with Gasteiger partial charge in [-0.25, -0.2) is 13.9 Å². The van der Waals surface area contributed by atoms with Gasteiger partial charge in [-0.1, -0.05) is 16.8 Å². The maximum absolute atomic E-state index is 13.3. The van der Waals surface area contributed by atoms with Crippen LogP contribution in [0.5, 0.6) is 0 Å². The molecule has 110 valence electrons. The standard InChI is InChI=1S/C14H8ClFN4O2/c15-10-7-9(1-2-11(10)16)20-13(8-3-5-17-6-4-8)12(14(21)22)18-19-20/h1-7H,(H,21,22). The lowest BCUT2D eigenvalue weighted by Gasteiger charge is -2.07. The summed E-state index contributed by atoms with van der Waals surface area (Å²) in [5.41, 5.74) is 1.01. The molecule has 0 fully saturated rings. The van der Waals surface area contributed by atoms with Crippen molar-refractivity contribution < 1.29 is 14.3 Å². The number of rotatable bonds is 3. The Morgan fingerprint density at radius 2 is 1.95 bits per heavy atom. The molecule has 22 heavy (non-hydrogen) atoms. The minimum absolute atomic E-state index is 0.0921. The lowest BCUT2D eigenvalue weighted by Crippen LogP contribution is -2.03. The number of carboxylic acid groups (broad SMARTS) is 1. The summed E-state index contributed by atoms with van der Waals surface area (Å²) in [6, 6.07) is 7.23. The number of aromatic nitrogens is 4. The molecular weight excluding hydrogens is 311 g/mol. The SMILES string of the molecule is O=C(O)c1nnn(-c2ccc(F)c(Cl)c2)c1-c1ccncc1. The van der Waals surface area contributed by atoms with Gasteiger partial charge in [-0.2, -0.15) is 0 Å². The average molecular weight is 319 g/mol. The van der Waals surface area contributed by atoms with E-state index in [1.807, 2.05) is 0 Å². The first-order valence-corrected chi connectivity index (χ1v) is 6.50. The lowest BCUT2D eigenvalue weighted by molar-refractivity contribution is 0.0691. The molecule has 8 heteroatoms. The fourth-order valence-electron chi connectivity index (χ4n) is 1.99. The topological polar surface area (TPSA) is 80.9 Å². The fourth-order valence-corrected chi connectivity index (χ4v) is 2.17. The first-order valence-electron chi connectivity index (χ1n) is 6.12. The number of carbonyl (C=O) groups is 1. The third-order valence-electron chi connectivity index (χ3n) is 2.97. The van der Waals surface area contributed by atoms with Gasteiger partial charge in [-0.15, -0.1) is 5.10 Å². The largest absolute Gasteiger partial charge is 0.476 e. The van der Waals surface area contributed by atoms with Crippen molar-refractivity contribution in [1.29, 1.82) is 0 Å². The zero-order valence-electron chi connectivity index (χ0n) is 10.9. The number of carboxylic acids is 1. The average Bonchev–Trinajstić information content (AvgIpc) is 2.96. The first-order chi connectivity index (χ1) is 10.6. The van der Waals surface area contributed by atoms with Crippen LogP contribution in [0, 0.1) is 5.82 Å². The minimum atomic E-state index is -1.22. The van der Waals surface area contributed by atoms with Crippen molar-refractivity contribution >= 4 is 17.6 Å². The third-order valence-corrected chi connectivity index (χ3v) is 3.26. The van der Waals surface area contributed by atoms with E-state index < -0.39 is 11.8 Å². The van der Waals surface area contributed by atoms with E-state index in [0.717, 1.165) is 0 Å². The van der Waals surface area contributed by atoms with Gasteiger partial charge in [0.2, 0.25) is 0 Å². The van der Waals surface area contributed by atoms with Gasteiger partial charge >= 0.3 is 5.97 Å². The van der Waals surface area contributed by atoms with E-state index in [2.05, 4.69) is 15.3 Å². The monoisotopic (exact) mass is 318 g/mol. The Morgan fingerprint density at radius 1 is 1.23 bits per heavy atom. The summed E-state index contributed by atoms with van der Waals surface area (Å²) in [4.78, 5) is 15.2. The predicted molar refractivity (Wildman–Crippen MR) is 76.5 cm³/mol. The van der Waals surface area contributed by atoms with Crippen LogP contribution in [0.4, 0.5) is 4.39 Å². The Kier molecular flexibility index (Phi) is 3.56. The van der Waals surface area contributed by atoms with Gasteiger partial charge in [-0.3, -0.25) is 4.98 Å². The molecule has 6 nitrogen and oxygen atoms in total. The number of pyridine rings is 1. The van der Waals surface area contributed by atoms with Crippen molar-refractivity contribution in [2.24, 2.45) is 0 Å². The van der Waals surface area contributed by atoms with Crippen molar-refractivity contribution in [1.82, 2.24) is 20.0 Å². The zero-order chi connectivity index (χ0) is 15.7. The summed E-state index contributed by atoms with van der Waals surface area (Å²) in [7, 11) is 0. The number of hydrogen-bond acceptors (Lipinski definition) is 4. The molecule has 1 aromatic carbocycles. The quantitative estimate of drug-likeness (QED) is 0.803. The summed E-state index contributed by atoms with van der Waals surface area (Å²) >= 11 is 5.77. The number of hydrogen-bond donors (Lipinski definition) is 1. The molecule has 0 amide bonds. The highest BCUT2D eigenvalue weighted by Crippen LogP contribution is 2.26. The van der Waals surface area contributed by atoms with Crippen LogP contribution in [-0.4, -0.2) is 31.1 Å². The Bertz CT molecular complexity index is 851. The van der Waals surface area contributed by atoms with Crippen LogP contribution in [0.2, 0.25) is 5.02 Å². The van der Waals surface area contributed by atoms with Crippen LogP contribution in [-0.2, 0) is 0 Å². The van der Waals surface area contributed by atoms with E-state index in [0.29, 0.717) is 11.3 Å². The van der Waals surface area contributed by atoms with Crippen molar-refractivity contribution in [3.63, 3.8) is 0 Å². The maximum Gasteiger partial charge on any atom is 0.358 e. The second-order valence-corrected chi connectivity index (χ2v) is 4.75. The molecule has 0 saturated carbocycles. The molecule has 0 radical (unpaired) electrons. The third kappa shape index (κ3) is 2.42. The van der Waals surface area contributed by atoms with E-state index in [9.17, 15) is 14.3 Å². The summed E-state index contributed by atoms with van der Waals surface area (Å²) < 4.78 is 14.6. The van der Waals surface area contributed by atoms with E-state index in [1.54, 1.807) is 12.1 Å². The molecule has 2 heterocycles. The highest BCUT2D eigenvalue weighted by atomic mass is 35.5. The maximum atomic E-state index is 13.3. The van der Waals surface area contributed by atoms with E-state index in [-0.39, 0.29) is 16.4 Å². The first kappa shape index (κ1) is 14.2. The minimum Gasteiger partial charge on any atom is -0.476 e. The van der Waals surface area contributed by atoms with Gasteiger partial charge in [0, 0.05) is 18.0 Å². The number of halogens is 2.